The molecular weight excluding hydrogens is 295 g/mol. The van der Waals surface area contributed by atoms with Crippen molar-refractivity contribution >= 4 is 46.6 Å². The van der Waals surface area contributed by atoms with Crippen molar-refractivity contribution in [3.63, 3.8) is 0 Å². The summed E-state index contributed by atoms with van der Waals surface area (Å²) >= 11 is 5.83. The van der Waals surface area contributed by atoms with E-state index in [4.69, 9.17) is 0 Å². The van der Waals surface area contributed by atoms with Gasteiger partial charge in [-0.2, -0.15) is 0 Å². The third-order valence-corrected chi connectivity index (χ3v) is 12.1. The van der Waals surface area contributed by atoms with Crippen LogP contribution in [0.15, 0.2) is 10.7 Å². The highest BCUT2D eigenvalue weighted by Gasteiger charge is 2.20. The summed E-state index contributed by atoms with van der Waals surface area (Å²) in [6.07, 6.45) is 0. The van der Waals surface area contributed by atoms with Crippen LogP contribution in [0.2, 0.25) is 13.1 Å². The van der Waals surface area contributed by atoms with E-state index in [0.717, 1.165) is 0 Å². The SMILES string of the molecule is C=C(Br)[Si](C)(C)CI. The second-order valence-corrected chi connectivity index (χ2v) is 11.0. The summed E-state index contributed by atoms with van der Waals surface area (Å²) in [6.45, 7) is 8.48. The lowest BCUT2D eigenvalue weighted by atomic mass is 11.3. The molecule has 0 aromatic heterocycles. The van der Waals surface area contributed by atoms with E-state index in [1.807, 2.05) is 0 Å². The summed E-state index contributed by atoms with van der Waals surface area (Å²) in [6, 6.07) is 0. The summed E-state index contributed by atoms with van der Waals surface area (Å²) in [5, 5.41) is 0. The summed E-state index contributed by atoms with van der Waals surface area (Å²) in [5.41, 5.74) is 0. The highest BCUT2D eigenvalue weighted by atomic mass is 127. The molecule has 0 aliphatic rings. The molecule has 0 heterocycles. The first-order valence-corrected chi connectivity index (χ1v) is 7.94. The minimum Gasteiger partial charge on any atom is -0.0930 e. The van der Waals surface area contributed by atoms with Gasteiger partial charge < -0.3 is 0 Å². The van der Waals surface area contributed by atoms with Crippen LogP contribution < -0.4 is 0 Å². The largest absolute Gasteiger partial charge is 0.0983 e. The molecule has 0 nitrogen and oxygen atoms in total. The van der Waals surface area contributed by atoms with Crippen LogP contribution >= 0.6 is 38.5 Å². The van der Waals surface area contributed by atoms with Gasteiger partial charge >= 0.3 is 0 Å². The van der Waals surface area contributed by atoms with Gasteiger partial charge in [0.1, 0.15) is 0 Å². The number of halogens is 2. The first-order chi connectivity index (χ1) is 3.50. The Morgan fingerprint density at radius 3 is 2.12 bits per heavy atom. The molecule has 0 atom stereocenters. The molecule has 0 aliphatic heterocycles. The Morgan fingerprint density at radius 2 is 2.12 bits per heavy atom. The van der Waals surface area contributed by atoms with Gasteiger partial charge in [-0.3, -0.25) is 0 Å². The van der Waals surface area contributed by atoms with Gasteiger partial charge in [-0.25, -0.2) is 0 Å². The van der Waals surface area contributed by atoms with E-state index in [9.17, 15) is 0 Å². The van der Waals surface area contributed by atoms with Crippen molar-refractivity contribution in [1.82, 2.24) is 0 Å². The van der Waals surface area contributed by atoms with Crippen molar-refractivity contribution in [2.45, 2.75) is 13.1 Å². The highest BCUT2D eigenvalue weighted by Crippen LogP contribution is 2.20. The molecule has 0 unspecified atom stereocenters. The van der Waals surface area contributed by atoms with Crippen LogP contribution in [0.4, 0.5) is 0 Å². The maximum absolute atomic E-state index is 3.87. The van der Waals surface area contributed by atoms with E-state index in [2.05, 4.69) is 58.2 Å². The first-order valence-electron chi connectivity index (χ1n) is 2.41. The van der Waals surface area contributed by atoms with Gasteiger partial charge in [-0.1, -0.05) is 58.2 Å². The summed E-state index contributed by atoms with van der Waals surface area (Å²) in [5.74, 6) is 0. The highest BCUT2D eigenvalue weighted by molar-refractivity contribution is 14.1. The molecule has 0 N–H and O–H groups in total. The average molecular weight is 305 g/mol. The topological polar surface area (TPSA) is 0 Å². The Labute approximate surface area is 74.0 Å². The van der Waals surface area contributed by atoms with E-state index in [1.165, 1.54) is 8.16 Å². The molecule has 0 spiro atoms. The van der Waals surface area contributed by atoms with E-state index in [0.29, 0.717) is 0 Å². The van der Waals surface area contributed by atoms with Gasteiger partial charge in [0.15, 0.2) is 0 Å². The molecule has 0 bridgehead atoms. The van der Waals surface area contributed by atoms with E-state index in [1.54, 1.807) is 0 Å². The monoisotopic (exact) mass is 304 g/mol. The lowest BCUT2D eigenvalue weighted by Crippen LogP contribution is -2.28. The Hall–Kier alpha value is 1.17. The van der Waals surface area contributed by atoms with Crippen LogP contribution in [-0.2, 0) is 0 Å². The van der Waals surface area contributed by atoms with Crippen LogP contribution in [-0.4, -0.2) is 12.1 Å². The lowest BCUT2D eigenvalue weighted by molar-refractivity contribution is 1.76. The standard InChI is InChI=1S/C5H10BrISi/c1-5(6)8(2,3)4-7/h1,4H2,2-3H3. The van der Waals surface area contributed by atoms with Crippen LogP contribution in [0, 0.1) is 0 Å². The predicted octanol–water partition coefficient (Wildman–Crippen LogP) is 3.12. The molecule has 0 aromatic rings. The van der Waals surface area contributed by atoms with Gasteiger partial charge in [0.25, 0.3) is 0 Å². The summed E-state index contributed by atoms with van der Waals surface area (Å²) in [7, 11) is -1.05. The fraction of sp³-hybridized carbons (Fsp3) is 0.600. The molecule has 0 radical (unpaired) electrons. The molecule has 0 saturated heterocycles. The fourth-order valence-electron chi connectivity index (χ4n) is 0.0725. The van der Waals surface area contributed by atoms with Crippen molar-refractivity contribution in [3.05, 3.63) is 10.7 Å². The van der Waals surface area contributed by atoms with Crippen LogP contribution in [0.3, 0.4) is 0 Å². The van der Waals surface area contributed by atoms with Gasteiger partial charge in [0, 0.05) is 0 Å². The Kier molecular flexibility index (Phi) is 3.85. The number of alkyl halides is 1. The second-order valence-electron chi connectivity index (χ2n) is 2.42. The molecule has 0 rings (SSSR count). The van der Waals surface area contributed by atoms with Gasteiger partial charge in [-0.05, 0) is 8.16 Å². The van der Waals surface area contributed by atoms with E-state index in [-0.39, 0.29) is 0 Å². The zero-order valence-electron chi connectivity index (χ0n) is 5.17. The van der Waals surface area contributed by atoms with Crippen LogP contribution in [0.25, 0.3) is 0 Å². The van der Waals surface area contributed by atoms with Crippen molar-refractivity contribution < 1.29 is 0 Å². The molecule has 0 saturated carbocycles. The molecule has 0 amide bonds. The third-order valence-electron chi connectivity index (χ3n) is 1.07. The smallest absolute Gasteiger partial charge is 0.0930 e. The first kappa shape index (κ1) is 9.17. The minimum atomic E-state index is -1.05. The molecule has 48 valence electrons. The summed E-state index contributed by atoms with van der Waals surface area (Å²) < 4.78 is 2.47. The number of hydrogen-bond donors (Lipinski definition) is 0. The zero-order chi connectivity index (χ0) is 6.78. The number of hydrogen-bond acceptors (Lipinski definition) is 0. The molecule has 0 aromatic carbocycles. The molecule has 3 heteroatoms. The van der Waals surface area contributed by atoms with Crippen LogP contribution in [0.5, 0.6) is 0 Å². The maximum atomic E-state index is 3.87. The Morgan fingerprint density at radius 1 is 1.75 bits per heavy atom. The molecule has 0 aliphatic carbocycles. The zero-order valence-corrected chi connectivity index (χ0v) is 9.91. The average Bonchev–Trinajstić information content (AvgIpc) is 1.67. The second kappa shape index (κ2) is 3.36. The molecule has 0 fully saturated rings. The Bertz CT molecular complexity index is 101. The van der Waals surface area contributed by atoms with Crippen LogP contribution in [0.1, 0.15) is 0 Å². The molecular formula is C5H10BrISi. The van der Waals surface area contributed by atoms with Gasteiger partial charge in [-0.15, -0.1) is 0 Å². The quantitative estimate of drug-likeness (QED) is 0.418. The number of rotatable bonds is 2. The third kappa shape index (κ3) is 2.64. The van der Waals surface area contributed by atoms with Gasteiger partial charge in [0.05, 0.1) is 8.07 Å². The fourth-order valence-corrected chi connectivity index (χ4v) is 3.59. The van der Waals surface area contributed by atoms with E-state index < -0.39 is 8.07 Å². The Balaban J connectivity index is 3.91. The predicted molar refractivity (Wildman–Crippen MR) is 54.4 cm³/mol. The van der Waals surface area contributed by atoms with Crippen molar-refractivity contribution in [3.8, 4) is 0 Å². The van der Waals surface area contributed by atoms with E-state index >= 15 is 0 Å². The van der Waals surface area contributed by atoms with Gasteiger partial charge in [0.2, 0.25) is 0 Å². The van der Waals surface area contributed by atoms with Crippen molar-refractivity contribution in [1.29, 1.82) is 0 Å². The summed E-state index contributed by atoms with van der Waals surface area (Å²) in [4.78, 5) is 0. The maximum Gasteiger partial charge on any atom is 0.0983 e. The molecule has 8 heavy (non-hydrogen) atoms. The van der Waals surface area contributed by atoms with Crippen molar-refractivity contribution in [2.24, 2.45) is 0 Å². The lowest BCUT2D eigenvalue weighted by Gasteiger charge is -2.16. The normalized spacial score (nSPS) is 11.5. The van der Waals surface area contributed by atoms with Crippen molar-refractivity contribution in [2.75, 3.05) is 4.05 Å². The minimum absolute atomic E-state index is 1.05.